The molecule has 9 heteroatoms. The molecule has 1 N–H and O–H groups in total. The minimum absolute atomic E-state index is 0.0647. The second-order valence-corrected chi connectivity index (χ2v) is 12.6. The van der Waals surface area contributed by atoms with Crippen molar-refractivity contribution in [1.29, 1.82) is 0 Å². The number of rotatable bonds is 11. The molecule has 0 aliphatic carbocycles. The third kappa shape index (κ3) is 7.64. The van der Waals surface area contributed by atoms with E-state index in [2.05, 4.69) is 5.32 Å². The van der Waals surface area contributed by atoms with Gasteiger partial charge in [0.1, 0.15) is 12.6 Å². The predicted octanol–water partition coefficient (Wildman–Crippen LogP) is 5.79. The molecule has 0 saturated heterocycles. The van der Waals surface area contributed by atoms with E-state index in [1.54, 1.807) is 37.3 Å². The molecule has 3 aromatic rings. The first-order valence-electron chi connectivity index (χ1n) is 13.3. The van der Waals surface area contributed by atoms with Gasteiger partial charge in [-0.05, 0) is 82.5 Å². The summed E-state index contributed by atoms with van der Waals surface area (Å²) in [5, 5.41) is 3.36. The molecular weight excluding hydrogens is 546 g/mol. The highest BCUT2D eigenvalue weighted by Gasteiger charge is 2.34. The van der Waals surface area contributed by atoms with E-state index in [4.69, 9.17) is 11.6 Å². The van der Waals surface area contributed by atoms with Crippen LogP contribution in [0.3, 0.4) is 0 Å². The molecule has 0 spiro atoms. The van der Waals surface area contributed by atoms with Crippen LogP contribution in [0, 0.1) is 20.8 Å². The average Bonchev–Trinajstić information content (AvgIpc) is 2.88. The minimum atomic E-state index is -4.14. The second kappa shape index (κ2) is 13.3. The molecule has 3 rings (SSSR count). The third-order valence-electron chi connectivity index (χ3n) is 6.61. The fraction of sp³-hybridized carbons (Fsp3) is 0.355. The lowest BCUT2D eigenvalue weighted by atomic mass is 10.1. The standard InChI is InChI=1S/C31H38ClN3O4S/c1-7-28(31(37)33-21(2)3)34(19-25-12-8-22(4)9-13-25)30(36)20-35(29-17-14-26(32)18-24(29)6)40(38,39)27-15-10-23(5)11-16-27/h8-18,21,28H,7,19-20H2,1-6H3,(H,33,37)/t28-/m0/s1. The lowest BCUT2D eigenvalue weighted by molar-refractivity contribution is -0.140. The third-order valence-corrected chi connectivity index (χ3v) is 8.61. The van der Waals surface area contributed by atoms with Gasteiger partial charge in [0.25, 0.3) is 10.0 Å². The molecule has 0 fully saturated rings. The molecule has 2 amide bonds. The maximum absolute atomic E-state index is 14.1. The SMILES string of the molecule is CC[C@@H](C(=O)NC(C)C)N(Cc1ccc(C)cc1)C(=O)CN(c1ccc(Cl)cc1C)S(=O)(=O)c1ccc(C)cc1. The predicted molar refractivity (Wildman–Crippen MR) is 161 cm³/mol. The number of halogens is 1. The lowest BCUT2D eigenvalue weighted by Crippen LogP contribution is -2.53. The summed E-state index contributed by atoms with van der Waals surface area (Å²) < 4.78 is 29.1. The minimum Gasteiger partial charge on any atom is -0.352 e. The van der Waals surface area contributed by atoms with Gasteiger partial charge in [-0.25, -0.2) is 8.42 Å². The van der Waals surface area contributed by atoms with Crippen LogP contribution in [0.5, 0.6) is 0 Å². The summed E-state index contributed by atoms with van der Waals surface area (Å²) in [5.41, 5.74) is 3.76. The van der Waals surface area contributed by atoms with E-state index in [0.29, 0.717) is 22.7 Å². The van der Waals surface area contributed by atoms with Crippen molar-refractivity contribution in [2.75, 3.05) is 10.8 Å². The Morgan fingerprint density at radius 2 is 1.48 bits per heavy atom. The topological polar surface area (TPSA) is 86.8 Å². The summed E-state index contributed by atoms with van der Waals surface area (Å²) >= 11 is 6.18. The van der Waals surface area contributed by atoms with Gasteiger partial charge >= 0.3 is 0 Å². The van der Waals surface area contributed by atoms with E-state index in [-0.39, 0.29) is 23.4 Å². The van der Waals surface area contributed by atoms with Crippen molar-refractivity contribution < 1.29 is 18.0 Å². The number of carbonyl (C=O) groups is 2. The van der Waals surface area contributed by atoms with Crippen molar-refractivity contribution in [2.24, 2.45) is 0 Å². The van der Waals surface area contributed by atoms with Gasteiger partial charge in [-0.2, -0.15) is 0 Å². The Labute approximate surface area is 243 Å². The maximum atomic E-state index is 14.1. The van der Waals surface area contributed by atoms with Gasteiger partial charge in [-0.15, -0.1) is 0 Å². The molecule has 7 nitrogen and oxygen atoms in total. The van der Waals surface area contributed by atoms with Gasteiger partial charge < -0.3 is 10.2 Å². The van der Waals surface area contributed by atoms with Crippen molar-refractivity contribution in [3.8, 4) is 0 Å². The second-order valence-electron chi connectivity index (χ2n) is 10.4. The quantitative estimate of drug-likeness (QED) is 0.309. The van der Waals surface area contributed by atoms with E-state index in [0.717, 1.165) is 21.0 Å². The molecule has 0 aliphatic heterocycles. The Bertz CT molecular complexity index is 1440. The molecule has 0 aromatic heterocycles. The van der Waals surface area contributed by atoms with Gasteiger partial charge in [0.15, 0.2) is 0 Å². The fourth-order valence-electron chi connectivity index (χ4n) is 4.44. The Hall–Kier alpha value is -3.36. The van der Waals surface area contributed by atoms with Crippen molar-refractivity contribution in [1.82, 2.24) is 10.2 Å². The van der Waals surface area contributed by atoms with Crippen LogP contribution in [0.25, 0.3) is 0 Å². The van der Waals surface area contributed by atoms with Gasteiger partial charge in [0.05, 0.1) is 10.6 Å². The highest BCUT2D eigenvalue weighted by atomic mass is 35.5. The van der Waals surface area contributed by atoms with Gasteiger partial charge in [0, 0.05) is 17.6 Å². The highest BCUT2D eigenvalue weighted by Crippen LogP contribution is 2.29. The maximum Gasteiger partial charge on any atom is 0.264 e. The molecule has 0 heterocycles. The van der Waals surface area contributed by atoms with E-state index >= 15 is 0 Å². The van der Waals surface area contributed by atoms with Crippen LogP contribution in [0.15, 0.2) is 71.6 Å². The van der Waals surface area contributed by atoms with Crippen molar-refractivity contribution in [3.63, 3.8) is 0 Å². The summed E-state index contributed by atoms with van der Waals surface area (Å²) in [6.45, 7) is 10.8. The van der Waals surface area contributed by atoms with Crippen LogP contribution < -0.4 is 9.62 Å². The van der Waals surface area contributed by atoms with Crippen molar-refractivity contribution in [2.45, 2.75) is 71.5 Å². The van der Waals surface area contributed by atoms with E-state index in [9.17, 15) is 18.0 Å². The molecule has 0 aliphatic rings. The molecular formula is C31H38ClN3O4S. The molecule has 1 atom stereocenters. The van der Waals surface area contributed by atoms with Crippen LogP contribution in [-0.4, -0.2) is 43.8 Å². The molecule has 0 bridgehead atoms. The van der Waals surface area contributed by atoms with Crippen molar-refractivity contribution in [3.05, 3.63) is 94.0 Å². The first-order chi connectivity index (χ1) is 18.8. The zero-order valence-electron chi connectivity index (χ0n) is 23.9. The lowest BCUT2D eigenvalue weighted by Gasteiger charge is -2.34. The van der Waals surface area contributed by atoms with Crippen LogP contribution in [0.2, 0.25) is 5.02 Å². The first-order valence-corrected chi connectivity index (χ1v) is 15.2. The Kier molecular flexibility index (Phi) is 10.4. The monoisotopic (exact) mass is 583 g/mol. The normalized spacial score (nSPS) is 12.2. The zero-order valence-corrected chi connectivity index (χ0v) is 25.5. The molecule has 0 unspecified atom stereocenters. The Morgan fingerprint density at radius 3 is 2.00 bits per heavy atom. The molecule has 0 saturated carbocycles. The first kappa shape index (κ1) is 31.2. The molecule has 214 valence electrons. The number of benzene rings is 3. The number of hydrogen-bond donors (Lipinski definition) is 1. The molecule has 0 radical (unpaired) electrons. The fourth-order valence-corrected chi connectivity index (χ4v) is 6.15. The smallest absolute Gasteiger partial charge is 0.264 e. The average molecular weight is 584 g/mol. The van der Waals surface area contributed by atoms with E-state index in [1.807, 2.05) is 58.9 Å². The Morgan fingerprint density at radius 1 is 0.900 bits per heavy atom. The number of sulfonamides is 1. The van der Waals surface area contributed by atoms with Gasteiger partial charge in [0.2, 0.25) is 11.8 Å². The van der Waals surface area contributed by atoms with Crippen LogP contribution in [-0.2, 0) is 26.2 Å². The Balaban J connectivity index is 2.09. The summed E-state index contributed by atoms with van der Waals surface area (Å²) in [6, 6.07) is 18.2. The number of hydrogen-bond acceptors (Lipinski definition) is 4. The summed E-state index contributed by atoms with van der Waals surface area (Å²) in [5.74, 6) is -0.773. The number of aryl methyl sites for hydroxylation is 3. The summed E-state index contributed by atoms with van der Waals surface area (Å²) in [7, 11) is -4.14. The summed E-state index contributed by atoms with van der Waals surface area (Å²) in [4.78, 5) is 28.9. The number of anilines is 1. The largest absolute Gasteiger partial charge is 0.352 e. The zero-order chi connectivity index (χ0) is 29.6. The molecule has 3 aromatic carbocycles. The summed E-state index contributed by atoms with van der Waals surface area (Å²) in [6.07, 6.45) is 0.362. The van der Waals surface area contributed by atoms with Crippen LogP contribution in [0.4, 0.5) is 5.69 Å². The number of amides is 2. The van der Waals surface area contributed by atoms with Crippen molar-refractivity contribution >= 4 is 39.1 Å². The van der Waals surface area contributed by atoms with E-state index < -0.39 is 28.5 Å². The van der Waals surface area contributed by atoms with Gasteiger partial charge in [-0.3, -0.25) is 13.9 Å². The van der Waals surface area contributed by atoms with Crippen LogP contribution in [0.1, 0.15) is 49.4 Å². The molecule has 40 heavy (non-hydrogen) atoms. The number of carbonyl (C=O) groups excluding carboxylic acids is 2. The van der Waals surface area contributed by atoms with E-state index in [1.165, 1.54) is 17.0 Å². The number of nitrogens with one attached hydrogen (secondary N) is 1. The van der Waals surface area contributed by atoms with Gasteiger partial charge in [-0.1, -0.05) is 66.0 Å². The van der Waals surface area contributed by atoms with Crippen LogP contribution >= 0.6 is 11.6 Å². The highest BCUT2D eigenvalue weighted by molar-refractivity contribution is 7.92. The number of nitrogens with zero attached hydrogens (tertiary/aromatic N) is 2.